The first-order valence-corrected chi connectivity index (χ1v) is 10.8. The number of piperidine rings is 3. The van der Waals surface area contributed by atoms with Crippen molar-refractivity contribution in [1.29, 1.82) is 0 Å². The summed E-state index contributed by atoms with van der Waals surface area (Å²) in [6.45, 7) is 4.76. The number of aromatic nitrogens is 3. The zero-order valence-corrected chi connectivity index (χ0v) is 17.0. The fourth-order valence-corrected chi connectivity index (χ4v) is 5.28. The van der Waals surface area contributed by atoms with E-state index >= 15 is 0 Å². The minimum Gasteiger partial charge on any atom is -0.497 e. The lowest BCUT2D eigenvalue weighted by Crippen LogP contribution is -2.58. The van der Waals surface area contributed by atoms with Gasteiger partial charge in [-0.25, -0.2) is 0 Å². The molecule has 4 fully saturated rings. The van der Waals surface area contributed by atoms with Crippen molar-refractivity contribution in [2.24, 2.45) is 11.8 Å². The number of carbonyl (C=O) groups excluding carboxylic acids is 1. The van der Waals surface area contributed by atoms with Gasteiger partial charge in [-0.05, 0) is 62.4 Å². The molecule has 4 saturated heterocycles. The highest BCUT2D eigenvalue weighted by atomic mass is 16.5. The molecule has 0 aliphatic carbocycles. The molecular weight excluding hydrogens is 366 g/mol. The highest BCUT2D eigenvalue weighted by molar-refractivity contribution is 5.80. The van der Waals surface area contributed by atoms with Crippen LogP contribution < -0.4 is 4.74 Å². The first-order valence-electron chi connectivity index (χ1n) is 10.8. The highest BCUT2D eigenvalue weighted by Crippen LogP contribution is 2.38. The van der Waals surface area contributed by atoms with Gasteiger partial charge in [-0.1, -0.05) is 5.21 Å². The number of ether oxygens (including phenoxy) is 1. The largest absolute Gasteiger partial charge is 0.497 e. The molecule has 0 spiro atoms. The van der Waals surface area contributed by atoms with Gasteiger partial charge in [-0.15, -0.1) is 5.10 Å². The van der Waals surface area contributed by atoms with Crippen LogP contribution in [0.2, 0.25) is 0 Å². The van der Waals surface area contributed by atoms with E-state index in [-0.39, 0.29) is 5.92 Å². The normalized spacial score (nSPS) is 28.7. The van der Waals surface area contributed by atoms with Gasteiger partial charge < -0.3 is 9.64 Å². The summed E-state index contributed by atoms with van der Waals surface area (Å²) in [6, 6.07) is 8.35. The summed E-state index contributed by atoms with van der Waals surface area (Å²) in [4.78, 5) is 17.5. The molecule has 0 N–H and O–H groups in total. The van der Waals surface area contributed by atoms with E-state index in [1.165, 1.54) is 0 Å². The SMILES string of the molecule is COc1ccc(-c2cn(C[C@H]3C[C@H]4CCN3C[C@@H]4C(=O)N3CCCC3)nn2)cc1. The summed E-state index contributed by atoms with van der Waals surface area (Å²) in [6.07, 6.45) is 6.59. The van der Waals surface area contributed by atoms with E-state index in [9.17, 15) is 4.79 Å². The quantitative estimate of drug-likeness (QED) is 0.777. The Morgan fingerprint density at radius 2 is 1.97 bits per heavy atom. The second-order valence-electron chi connectivity index (χ2n) is 8.63. The molecule has 4 aliphatic heterocycles. The third-order valence-corrected chi connectivity index (χ3v) is 6.94. The zero-order valence-electron chi connectivity index (χ0n) is 17.0. The Labute approximate surface area is 171 Å². The van der Waals surface area contributed by atoms with E-state index in [2.05, 4.69) is 20.1 Å². The van der Waals surface area contributed by atoms with Crippen molar-refractivity contribution in [2.45, 2.75) is 38.3 Å². The molecule has 1 amide bonds. The van der Waals surface area contributed by atoms with Crippen LogP contribution in [0.15, 0.2) is 30.5 Å². The Morgan fingerprint density at radius 1 is 1.17 bits per heavy atom. The van der Waals surface area contributed by atoms with Crippen molar-refractivity contribution in [3.8, 4) is 17.0 Å². The van der Waals surface area contributed by atoms with Crippen LogP contribution in [0.1, 0.15) is 25.7 Å². The van der Waals surface area contributed by atoms with Crippen LogP contribution >= 0.6 is 0 Å². The summed E-state index contributed by atoms with van der Waals surface area (Å²) >= 11 is 0. The smallest absolute Gasteiger partial charge is 0.227 e. The molecule has 1 unspecified atom stereocenters. The lowest BCUT2D eigenvalue weighted by atomic mass is 9.75. The Balaban J connectivity index is 1.23. The monoisotopic (exact) mass is 395 g/mol. The van der Waals surface area contributed by atoms with Crippen LogP contribution in [0.4, 0.5) is 0 Å². The van der Waals surface area contributed by atoms with E-state index in [0.29, 0.717) is 17.9 Å². The van der Waals surface area contributed by atoms with E-state index in [1.807, 2.05) is 35.1 Å². The average molecular weight is 396 g/mol. The van der Waals surface area contributed by atoms with Gasteiger partial charge in [-0.2, -0.15) is 0 Å². The molecular formula is C22H29N5O2. The van der Waals surface area contributed by atoms with Crippen LogP contribution in [0.25, 0.3) is 11.3 Å². The van der Waals surface area contributed by atoms with Gasteiger partial charge in [0.1, 0.15) is 11.4 Å². The molecule has 2 bridgehead atoms. The fourth-order valence-electron chi connectivity index (χ4n) is 5.28. The molecule has 2 aromatic rings. The molecule has 7 nitrogen and oxygen atoms in total. The van der Waals surface area contributed by atoms with Crippen LogP contribution in [-0.2, 0) is 11.3 Å². The number of methoxy groups -OCH3 is 1. The Bertz CT molecular complexity index is 858. The van der Waals surface area contributed by atoms with Gasteiger partial charge in [0, 0.05) is 31.2 Å². The predicted octanol–water partition coefficient (Wildman–Crippen LogP) is 2.29. The fraction of sp³-hybridized carbons (Fsp3) is 0.591. The van der Waals surface area contributed by atoms with Crippen molar-refractivity contribution in [2.75, 3.05) is 33.3 Å². The van der Waals surface area contributed by atoms with Crippen molar-refractivity contribution >= 4 is 5.91 Å². The molecule has 0 radical (unpaired) electrons. The molecule has 0 saturated carbocycles. The number of likely N-dealkylation sites (tertiary alicyclic amines) is 1. The van der Waals surface area contributed by atoms with Gasteiger partial charge in [0.15, 0.2) is 0 Å². The Hall–Kier alpha value is -2.41. The summed E-state index contributed by atoms with van der Waals surface area (Å²) in [5.74, 6) is 1.95. The van der Waals surface area contributed by atoms with E-state index < -0.39 is 0 Å². The second kappa shape index (κ2) is 7.78. The van der Waals surface area contributed by atoms with Crippen LogP contribution in [0.5, 0.6) is 5.75 Å². The minimum absolute atomic E-state index is 0.198. The first-order chi connectivity index (χ1) is 14.2. The third kappa shape index (κ3) is 3.64. The van der Waals surface area contributed by atoms with Crippen molar-refractivity contribution in [3.63, 3.8) is 0 Å². The molecule has 4 atom stereocenters. The molecule has 6 rings (SSSR count). The third-order valence-electron chi connectivity index (χ3n) is 6.94. The van der Waals surface area contributed by atoms with E-state index in [1.54, 1.807) is 7.11 Å². The van der Waals surface area contributed by atoms with E-state index in [0.717, 1.165) is 75.4 Å². The number of carbonyl (C=O) groups is 1. The molecule has 154 valence electrons. The predicted molar refractivity (Wildman–Crippen MR) is 109 cm³/mol. The van der Waals surface area contributed by atoms with Crippen LogP contribution in [0, 0.1) is 11.8 Å². The minimum atomic E-state index is 0.198. The van der Waals surface area contributed by atoms with Crippen molar-refractivity contribution < 1.29 is 9.53 Å². The molecule has 1 aromatic carbocycles. The summed E-state index contributed by atoms with van der Waals surface area (Å²) in [5, 5.41) is 8.72. The van der Waals surface area contributed by atoms with Crippen LogP contribution in [0.3, 0.4) is 0 Å². The van der Waals surface area contributed by atoms with Gasteiger partial charge in [0.2, 0.25) is 5.91 Å². The lowest BCUT2D eigenvalue weighted by Gasteiger charge is -2.49. The first kappa shape index (κ1) is 18.6. The molecule has 5 heterocycles. The topological polar surface area (TPSA) is 63.5 Å². The van der Waals surface area contributed by atoms with Crippen molar-refractivity contribution in [1.82, 2.24) is 24.8 Å². The maximum absolute atomic E-state index is 12.9. The average Bonchev–Trinajstić information content (AvgIpc) is 3.46. The molecule has 29 heavy (non-hydrogen) atoms. The standard InChI is InChI=1S/C22H29N5O2/c1-29-19-6-4-16(5-7-19)21-15-27(24-23-21)13-18-12-17-8-11-26(18)14-20(17)22(28)25-9-2-3-10-25/h4-7,15,17-18,20H,2-3,8-14H2,1H3/t17-,18-,20+/m1/s1. The number of benzene rings is 1. The zero-order chi connectivity index (χ0) is 19.8. The maximum Gasteiger partial charge on any atom is 0.227 e. The highest BCUT2D eigenvalue weighted by Gasteiger charge is 2.44. The van der Waals surface area contributed by atoms with Crippen LogP contribution in [-0.4, -0.2) is 70.0 Å². The Kier molecular flexibility index (Phi) is 4.99. The number of hydrogen-bond donors (Lipinski definition) is 0. The number of amides is 1. The number of fused-ring (bicyclic) bond motifs is 3. The summed E-state index contributed by atoms with van der Waals surface area (Å²) < 4.78 is 7.18. The Morgan fingerprint density at radius 3 is 2.66 bits per heavy atom. The molecule has 7 heteroatoms. The second-order valence-corrected chi connectivity index (χ2v) is 8.63. The molecule has 4 aliphatic rings. The van der Waals surface area contributed by atoms with Crippen molar-refractivity contribution in [3.05, 3.63) is 30.5 Å². The maximum atomic E-state index is 12.9. The summed E-state index contributed by atoms with van der Waals surface area (Å²) in [5.41, 5.74) is 1.92. The van der Waals surface area contributed by atoms with E-state index in [4.69, 9.17) is 4.74 Å². The lowest BCUT2D eigenvalue weighted by molar-refractivity contribution is -0.142. The van der Waals surface area contributed by atoms with Gasteiger partial charge in [-0.3, -0.25) is 14.4 Å². The summed E-state index contributed by atoms with van der Waals surface area (Å²) in [7, 11) is 1.67. The van der Waals surface area contributed by atoms with Gasteiger partial charge in [0.05, 0.1) is 25.8 Å². The van der Waals surface area contributed by atoms with Gasteiger partial charge in [0.25, 0.3) is 0 Å². The number of rotatable bonds is 5. The number of hydrogen-bond acceptors (Lipinski definition) is 5. The van der Waals surface area contributed by atoms with Gasteiger partial charge >= 0.3 is 0 Å². The number of nitrogens with zero attached hydrogens (tertiary/aromatic N) is 5. The molecule has 1 aromatic heterocycles.